The Morgan fingerprint density at radius 1 is 0.567 bits per heavy atom. The van der Waals surface area contributed by atoms with E-state index >= 15 is 0 Å². The Bertz CT molecular complexity index is 497. The lowest BCUT2D eigenvalue weighted by atomic mass is 9.88. The normalized spacial score (nSPS) is 36.7. The SMILES string of the molecule is CS(C)(CCCCCCS(C)(C)CCC1CCC2OC2C1)CCC1CCC2CC2C1. The van der Waals surface area contributed by atoms with Crippen LogP contribution in [0.3, 0.4) is 0 Å². The second-order valence-corrected chi connectivity index (χ2v) is 21.4. The van der Waals surface area contributed by atoms with Gasteiger partial charge in [0.15, 0.2) is 0 Å². The molecule has 6 atom stereocenters. The number of hydrogen-bond donors (Lipinski definition) is 0. The third-order valence-electron chi connectivity index (χ3n) is 9.06. The van der Waals surface area contributed by atoms with Gasteiger partial charge in [0.2, 0.25) is 0 Å². The Hall–Kier alpha value is 0.660. The minimum Gasteiger partial charge on any atom is -0.370 e. The first-order valence-corrected chi connectivity index (χ1v) is 18.9. The van der Waals surface area contributed by atoms with E-state index in [1.807, 2.05) is 0 Å². The van der Waals surface area contributed by atoms with Gasteiger partial charge in [0.05, 0.1) is 12.2 Å². The van der Waals surface area contributed by atoms with E-state index in [1.165, 1.54) is 74.5 Å². The van der Waals surface area contributed by atoms with E-state index < -0.39 is 0 Å². The second kappa shape index (κ2) is 10.3. The Morgan fingerprint density at radius 2 is 1.17 bits per heavy atom. The van der Waals surface area contributed by atoms with Gasteiger partial charge < -0.3 is 4.74 Å². The molecule has 6 unspecified atom stereocenters. The van der Waals surface area contributed by atoms with Crippen LogP contribution in [0, 0.1) is 23.7 Å². The van der Waals surface area contributed by atoms with E-state index in [4.69, 9.17) is 4.74 Å². The van der Waals surface area contributed by atoms with Crippen LogP contribution < -0.4 is 0 Å². The van der Waals surface area contributed by atoms with Gasteiger partial charge in [-0.1, -0.05) is 19.3 Å². The molecular weight excluding hydrogens is 404 g/mol. The lowest BCUT2D eigenvalue weighted by Gasteiger charge is -2.34. The van der Waals surface area contributed by atoms with E-state index in [1.54, 1.807) is 37.9 Å². The van der Waals surface area contributed by atoms with Crippen molar-refractivity contribution in [1.29, 1.82) is 0 Å². The van der Waals surface area contributed by atoms with Crippen molar-refractivity contribution in [2.75, 3.05) is 48.0 Å². The highest BCUT2D eigenvalue weighted by Gasteiger charge is 2.43. The van der Waals surface area contributed by atoms with Crippen LogP contribution in [0.2, 0.25) is 0 Å². The van der Waals surface area contributed by atoms with Crippen molar-refractivity contribution in [3.63, 3.8) is 0 Å². The van der Waals surface area contributed by atoms with Gasteiger partial charge in [-0.2, -0.15) is 0 Å². The van der Waals surface area contributed by atoms with Gasteiger partial charge >= 0.3 is 0 Å². The lowest BCUT2D eigenvalue weighted by Crippen LogP contribution is -2.17. The van der Waals surface area contributed by atoms with Crippen LogP contribution in [-0.4, -0.2) is 60.2 Å². The van der Waals surface area contributed by atoms with E-state index in [0.717, 1.165) is 17.8 Å². The highest BCUT2D eigenvalue weighted by atomic mass is 32.3. The number of ether oxygens (including phenoxy) is 1. The maximum atomic E-state index is 5.73. The maximum Gasteiger partial charge on any atom is 0.0844 e. The fraction of sp³-hybridized carbons (Fsp3) is 1.00. The molecule has 0 bridgehead atoms. The van der Waals surface area contributed by atoms with E-state index in [0.29, 0.717) is 12.2 Å². The lowest BCUT2D eigenvalue weighted by molar-refractivity contribution is 0.336. The van der Waals surface area contributed by atoms with Gasteiger partial charge in [-0.25, -0.2) is 20.1 Å². The van der Waals surface area contributed by atoms with E-state index in [2.05, 4.69) is 25.0 Å². The van der Waals surface area contributed by atoms with Crippen LogP contribution in [0.5, 0.6) is 0 Å². The Balaban J connectivity index is 1.00. The first kappa shape index (κ1) is 23.8. The topological polar surface area (TPSA) is 12.5 Å². The van der Waals surface area contributed by atoms with Crippen LogP contribution in [0.4, 0.5) is 0 Å². The predicted octanol–water partition coefficient (Wildman–Crippen LogP) is 7.46. The van der Waals surface area contributed by atoms with Crippen molar-refractivity contribution >= 4 is 20.1 Å². The van der Waals surface area contributed by atoms with Crippen LogP contribution in [-0.2, 0) is 4.74 Å². The molecule has 4 rings (SSSR count). The molecule has 1 aliphatic heterocycles. The van der Waals surface area contributed by atoms with E-state index in [9.17, 15) is 0 Å². The summed E-state index contributed by atoms with van der Waals surface area (Å²) in [6.07, 6.45) is 31.3. The molecule has 0 aromatic carbocycles. The quantitative estimate of drug-likeness (QED) is 0.207. The zero-order chi connectivity index (χ0) is 21.2. The van der Waals surface area contributed by atoms with E-state index in [-0.39, 0.29) is 20.1 Å². The minimum absolute atomic E-state index is 0.328. The number of hydrogen-bond acceptors (Lipinski definition) is 1. The van der Waals surface area contributed by atoms with Crippen molar-refractivity contribution in [2.45, 2.75) is 95.7 Å². The highest BCUT2D eigenvalue weighted by molar-refractivity contribution is 8.32. The van der Waals surface area contributed by atoms with Crippen LogP contribution in [0.25, 0.3) is 0 Å². The van der Waals surface area contributed by atoms with Crippen molar-refractivity contribution < 1.29 is 4.74 Å². The van der Waals surface area contributed by atoms with Crippen LogP contribution >= 0.6 is 20.1 Å². The zero-order valence-electron chi connectivity index (χ0n) is 20.7. The molecule has 178 valence electrons. The molecule has 3 heteroatoms. The third-order valence-corrected chi connectivity index (χ3v) is 14.5. The molecule has 30 heavy (non-hydrogen) atoms. The summed E-state index contributed by atoms with van der Waals surface area (Å²) in [5, 5.41) is 0. The molecule has 4 aliphatic rings. The minimum atomic E-state index is -0.358. The molecule has 0 N–H and O–H groups in total. The number of fused-ring (bicyclic) bond motifs is 2. The van der Waals surface area contributed by atoms with Crippen molar-refractivity contribution in [3.05, 3.63) is 0 Å². The molecule has 4 fully saturated rings. The van der Waals surface area contributed by atoms with Crippen molar-refractivity contribution in [1.82, 2.24) is 0 Å². The first-order valence-electron chi connectivity index (χ1n) is 13.3. The van der Waals surface area contributed by atoms with Gasteiger partial charge in [0, 0.05) is 0 Å². The maximum absolute atomic E-state index is 5.73. The molecule has 1 nitrogen and oxygen atoms in total. The van der Waals surface area contributed by atoms with Gasteiger partial charge in [-0.15, -0.1) is 0 Å². The number of unbranched alkanes of at least 4 members (excludes halogenated alkanes) is 3. The second-order valence-electron chi connectivity index (χ2n) is 12.7. The van der Waals surface area contributed by atoms with Crippen molar-refractivity contribution in [3.8, 4) is 0 Å². The predicted molar refractivity (Wildman–Crippen MR) is 141 cm³/mol. The average molecular weight is 457 g/mol. The first-order chi connectivity index (χ1) is 14.3. The monoisotopic (exact) mass is 456 g/mol. The summed E-state index contributed by atoms with van der Waals surface area (Å²) in [6, 6.07) is 0. The number of epoxide rings is 1. The molecule has 0 aromatic rings. The zero-order valence-corrected chi connectivity index (χ0v) is 22.3. The fourth-order valence-electron chi connectivity index (χ4n) is 6.47. The van der Waals surface area contributed by atoms with Gasteiger partial charge in [-0.05, 0) is 136 Å². The summed E-state index contributed by atoms with van der Waals surface area (Å²) in [6.45, 7) is 0. The van der Waals surface area contributed by atoms with Gasteiger partial charge in [0.1, 0.15) is 0 Å². The smallest absolute Gasteiger partial charge is 0.0844 e. The molecule has 0 spiro atoms. The standard InChI is InChI=1S/C27H52OS2/c1-29(2,17-13-22-9-11-24-21-25(24)19-22)15-7-5-6-8-16-30(3,4)18-14-23-10-12-26-27(20-23)28-26/h22-27H,5-21H2,1-4H3. The summed E-state index contributed by atoms with van der Waals surface area (Å²) in [7, 11) is -0.686. The molecule has 1 saturated heterocycles. The van der Waals surface area contributed by atoms with Gasteiger partial charge in [-0.3, -0.25) is 0 Å². The summed E-state index contributed by atoms with van der Waals surface area (Å²) < 4.78 is 5.73. The van der Waals surface area contributed by atoms with Gasteiger partial charge in [0.25, 0.3) is 0 Å². The van der Waals surface area contributed by atoms with Crippen LogP contribution in [0.15, 0.2) is 0 Å². The Kier molecular flexibility index (Phi) is 8.16. The molecule has 1 heterocycles. The third kappa shape index (κ3) is 7.62. The van der Waals surface area contributed by atoms with Crippen LogP contribution in [0.1, 0.15) is 83.5 Å². The molecule has 0 aromatic heterocycles. The Labute approximate surface area is 191 Å². The summed E-state index contributed by atoms with van der Waals surface area (Å²) in [5.41, 5.74) is 0. The molecular formula is C27H52OS2. The Morgan fingerprint density at radius 3 is 1.77 bits per heavy atom. The summed E-state index contributed by atoms with van der Waals surface area (Å²) in [4.78, 5) is 0. The van der Waals surface area contributed by atoms with Crippen molar-refractivity contribution in [2.24, 2.45) is 23.7 Å². The summed E-state index contributed by atoms with van der Waals surface area (Å²) in [5.74, 6) is 10.5. The molecule has 3 saturated carbocycles. The average Bonchev–Trinajstić information content (AvgIpc) is 3.61. The largest absolute Gasteiger partial charge is 0.370 e. The highest BCUT2D eigenvalue weighted by Crippen LogP contribution is 2.53. The fourth-order valence-corrected chi connectivity index (χ4v) is 10.8. The number of rotatable bonds is 13. The molecule has 0 amide bonds. The summed E-state index contributed by atoms with van der Waals surface area (Å²) >= 11 is 0. The molecule has 3 aliphatic carbocycles. The molecule has 0 radical (unpaired) electrons.